The minimum absolute atomic E-state index is 0.400. The maximum Gasteiger partial charge on any atom is 0.0426 e. The highest BCUT2D eigenvalue weighted by molar-refractivity contribution is 5.33. The number of pyridine rings is 1. The van der Waals surface area contributed by atoms with Gasteiger partial charge in [-0.1, -0.05) is 19.8 Å². The van der Waals surface area contributed by atoms with Crippen LogP contribution in [0.1, 0.15) is 68.1 Å². The van der Waals surface area contributed by atoms with Crippen molar-refractivity contribution in [2.75, 3.05) is 0 Å². The lowest BCUT2D eigenvalue weighted by molar-refractivity contribution is 0.402. The molecule has 2 atom stereocenters. The first kappa shape index (κ1) is 14.5. The second-order valence-electron chi connectivity index (χ2n) is 6.25. The highest BCUT2D eigenvalue weighted by Crippen LogP contribution is 2.34. The van der Waals surface area contributed by atoms with Gasteiger partial charge in [-0.05, 0) is 63.6 Å². The van der Waals surface area contributed by atoms with Gasteiger partial charge >= 0.3 is 0 Å². The molecule has 0 spiro atoms. The highest BCUT2D eigenvalue weighted by atomic mass is 14.9. The molecule has 1 aliphatic carbocycles. The van der Waals surface area contributed by atoms with Gasteiger partial charge in [-0.3, -0.25) is 4.98 Å². The summed E-state index contributed by atoms with van der Waals surface area (Å²) in [6.07, 6.45) is 5.45. The van der Waals surface area contributed by atoms with Crippen LogP contribution in [-0.2, 0) is 0 Å². The van der Waals surface area contributed by atoms with Gasteiger partial charge in [0.1, 0.15) is 0 Å². The van der Waals surface area contributed by atoms with E-state index in [1.807, 2.05) is 0 Å². The van der Waals surface area contributed by atoms with Crippen molar-refractivity contribution in [2.24, 2.45) is 5.92 Å². The molecule has 2 nitrogen and oxygen atoms in total. The maximum atomic E-state index is 4.62. The highest BCUT2D eigenvalue weighted by Gasteiger charge is 2.26. The van der Waals surface area contributed by atoms with Crippen LogP contribution in [0.4, 0.5) is 0 Å². The number of nitrogens with one attached hydrogen (secondary N) is 1. The molecule has 1 saturated carbocycles. The molecule has 0 aliphatic heterocycles. The zero-order chi connectivity index (χ0) is 14.0. The Bertz CT molecular complexity index is 412. The van der Waals surface area contributed by atoms with Crippen LogP contribution in [0.2, 0.25) is 0 Å². The predicted octanol–water partition coefficient (Wildman–Crippen LogP) is 4.24. The number of hydrogen-bond acceptors (Lipinski definition) is 2. The standard InChI is InChI=1S/C17H28N2/c1-6-16(10-15-7-8-15)19-14(5)17-11(2)9-12(3)18-13(17)4/h9,14-16,19H,6-8,10H2,1-5H3. The molecule has 1 aliphatic rings. The summed E-state index contributed by atoms with van der Waals surface area (Å²) < 4.78 is 0. The molecule has 1 aromatic heterocycles. The second-order valence-corrected chi connectivity index (χ2v) is 6.25. The molecule has 0 aromatic carbocycles. The fraction of sp³-hybridized carbons (Fsp3) is 0.706. The van der Waals surface area contributed by atoms with E-state index in [1.165, 1.54) is 42.5 Å². The Morgan fingerprint density at radius 2 is 2.00 bits per heavy atom. The Kier molecular flexibility index (Phi) is 4.62. The number of aryl methyl sites for hydroxylation is 3. The number of aromatic nitrogens is 1. The van der Waals surface area contributed by atoms with E-state index < -0.39 is 0 Å². The van der Waals surface area contributed by atoms with Crippen LogP contribution in [-0.4, -0.2) is 11.0 Å². The zero-order valence-corrected chi connectivity index (χ0v) is 13.1. The van der Waals surface area contributed by atoms with Gasteiger partial charge in [0.05, 0.1) is 0 Å². The summed E-state index contributed by atoms with van der Waals surface area (Å²) in [4.78, 5) is 4.62. The minimum Gasteiger partial charge on any atom is -0.307 e. The molecule has 2 unspecified atom stereocenters. The Morgan fingerprint density at radius 1 is 1.32 bits per heavy atom. The van der Waals surface area contributed by atoms with Gasteiger partial charge in [-0.2, -0.15) is 0 Å². The Morgan fingerprint density at radius 3 is 2.53 bits per heavy atom. The molecule has 1 fully saturated rings. The van der Waals surface area contributed by atoms with Crippen molar-refractivity contribution >= 4 is 0 Å². The lowest BCUT2D eigenvalue weighted by atomic mass is 9.98. The lowest BCUT2D eigenvalue weighted by Crippen LogP contribution is -2.32. The Hall–Kier alpha value is -0.890. The van der Waals surface area contributed by atoms with E-state index >= 15 is 0 Å². The second kappa shape index (κ2) is 6.04. The first-order chi connectivity index (χ1) is 9.01. The summed E-state index contributed by atoms with van der Waals surface area (Å²) in [6, 6.07) is 3.25. The summed E-state index contributed by atoms with van der Waals surface area (Å²) in [5.41, 5.74) is 5.06. The van der Waals surface area contributed by atoms with Gasteiger partial charge in [0.2, 0.25) is 0 Å². The predicted molar refractivity (Wildman–Crippen MR) is 81.4 cm³/mol. The van der Waals surface area contributed by atoms with E-state index in [9.17, 15) is 0 Å². The van der Waals surface area contributed by atoms with Gasteiger partial charge in [0.15, 0.2) is 0 Å². The van der Waals surface area contributed by atoms with Crippen molar-refractivity contribution in [2.45, 2.75) is 72.4 Å². The molecular weight excluding hydrogens is 232 g/mol. The van der Waals surface area contributed by atoms with Gasteiger partial charge in [-0.25, -0.2) is 0 Å². The van der Waals surface area contributed by atoms with Crippen molar-refractivity contribution < 1.29 is 0 Å². The van der Waals surface area contributed by atoms with Crippen LogP contribution in [0.15, 0.2) is 6.07 Å². The van der Waals surface area contributed by atoms with E-state index in [4.69, 9.17) is 0 Å². The van der Waals surface area contributed by atoms with Crippen molar-refractivity contribution in [1.82, 2.24) is 10.3 Å². The van der Waals surface area contributed by atoms with E-state index in [0.717, 1.165) is 11.6 Å². The smallest absolute Gasteiger partial charge is 0.0426 e. The number of hydrogen-bond donors (Lipinski definition) is 1. The summed E-state index contributed by atoms with van der Waals surface area (Å²) in [5, 5.41) is 3.82. The van der Waals surface area contributed by atoms with E-state index in [2.05, 4.69) is 51.0 Å². The largest absolute Gasteiger partial charge is 0.307 e. The average molecular weight is 260 g/mol. The summed E-state index contributed by atoms with van der Waals surface area (Å²) >= 11 is 0. The van der Waals surface area contributed by atoms with Crippen molar-refractivity contribution in [3.63, 3.8) is 0 Å². The van der Waals surface area contributed by atoms with Gasteiger partial charge in [0, 0.05) is 23.5 Å². The molecule has 19 heavy (non-hydrogen) atoms. The quantitative estimate of drug-likeness (QED) is 0.827. The van der Waals surface area contributed by atoms with E-state index in [0.29, 0.717) is 12.1 Å². The third-order valence-corrected chi connectivity index (χ3v) is 4.31. The molecule has 0 amide bonds. The Balaban J connectivity index is 2.07. The summed E-state index contributed by atoms with van der Waals surface area (Å²) in [5.74, 6) is 0.989. The van der Waals surface area contributed by atoms with Crippen LogP contribution < -0.4 is 5.32 Å². The topological polar surface area (TPSA) is 24.9 Å². The van der Waals surface area contributed by atoms with Crippen molar-refractivity contribution in [3.8, 4) is 0 Å². The normalized spacial score (nSPS) is 18.4. The molecule has 1 N–H and O–H groups in total. The minimum atomic E-state index is 0.400. The van der Waals surface area contributed by atoms with Crippen molar-refractivity contribution in [1.29, 1.82) is 0 Å². The fourth-order valence-electron chi connectivity index (χ4n) is 3.23. The molecule has 1 aromatic rings. The molecule has 2 heteroatoms. The average Bonchev–Trinajstić information content (AvgIpc) is 3.10. The van der Waals surface area contributed by atoms with Gasteiger partial charge < -0.3 is 5.32 Å². The van der Waals surface area contributed by atoms with E-state index in [-0.39, 0.29) is 0 Å². The first-order valence-electron chi connectivity index (χ1n) is 7.72. The molecule has 106 valence electrons. The summed E-state index contributed by atoms with van der Waals surface area (Å²) in [7, 11) is 0. The molecule has 1 heterocycles. The Labute approximate surface area is 118 Å². The van der Waals surface area contributed by atoms with Crippen LogP contribution in [0, 0.1) is 26.7 Å². The third kappa shape index (κ3) is 3.79. The van der Waals surface area contributed by atoms with Gasteiger partial charge in [0.25, 0.3) is 0 Å². The van der Waals surface area contributed by atoms with E-state index in [1.54, 1.807) is 0 Å². The molecular formula is C17H28N2. The van der Waals surface area contributed by atoms with Crippen LogP contribution in [0.3, 0.4) is 0 Å². The summed E-state index contributed by atoms with van der Waals surface area (Å²) in [6.45, 7) is 11.0. The van der Waals surface area contributed by atoms with Crippen molar-refractivity contribution in [3.05, 3.63) is 28.6 Å². The monoisotopic (exact) mass is 260 g/mol. The third-order valence-electron chi connectivity index (χ3n) is 4.31. The zero-order valence-electron chi connectivity index (χ0n) is 13.1. The van der Waals surface area contributed by atoms with Gasteiger partial charge in [-0.15, -0.1) is 0 Å². The molecule has 2 rings (SSSR count). The molecule has 0 saturated heterocycles. The van der Waals surface area contributed by atoms with Crippen LogP contribution in [0.5, 0.6) is 0 Å². The number of rotatable bonds is 6. The molecule has 0 bridgehead atoms. The van der Waals surface area contributed by atoms with Crippen LogP contribution in [0.25, 0.3) is 0 Å². The SMILES string of the molecule is CCC(CC1CC1)NC(C)c1c(C)cc(C)nc1C. The first-order valence-corrected chi connectivity index (χ1v) is 7.72. The lowest BCUT2D eigenvalue weighted by Gasteiger charge is -2.25. The van der Waals surface area contributed by atoms with Crippen LogP contribution >= 0.6 is 0 Å². The number of nitrogens with zero attached hydrogens (tertiary/aromatic N) is 1. The molecule has 0 radical (unpaired) electrons. The fourth-order valence-corrected chi connectivity index (χ4v) is 3.23. The maximum absolute atomic E-state index is 4.62.